The van der Waals surface area contributed by atoms with Gasteiger partial charge in [-0.3, -0.25) is 4.72 Å². The van der Waals surface area contributed by atoms with Crippen LogP contribution >= 0.6 is 22.9 Å². The number of benzene rings is 1. The van der Waals surface area contributed by atoms with Gasteiger partial charge in [0.15, 0.2) is 0 Å². The Kier molecular flexibility index (Phi) is 4.27. The lowest BCUT2D eigenvalue weighted by molar-refractivity contribution is 0.0697. The molecule has 0 aliphatic carbocycles. The molecule has 0 bridgehead atoms. The first-order chi connectivity index (χ1) is 9.69. The molecule has 1 aromatic carbocycles. The van der Waals surface area contributed by atoms with Crippen molar-refractivity contribution >= 4 is 44.6 Å². The van der Waals surface area contributed by atoms with Crippen LogP contribution in [-0.2, 0) is 10.0 Å². The number of nitrogens with one attached hydrogen (secondary N) is 1. The van der Waals surface area contributed by atoms with Gasteiger partial charge in [-0.15, -0.1) is 11.3 Å². The predicted molar refractivity (Wildman–Crippen MR) is 83.0 cm³/mol. The second-order valence-corrected chi connectivity index (χ2v) is 7.96. The third-order valence-corrected chi connectivity index (χ3v) is 5.50. The summed E-state index contributed by atoms with van der Waals surface area (Å²) in [6.45, 7) is 3.53. The molecule has 1 aromatic heterocycles. The number of hydrogen-bond donors (Lipinski definition) is 2. The second-order valence-electron chi connectivity index (χ2n) is 4.42. The minimum Gasteiger partial charge on any atom is -0.478 e. The van der Waals surface area contributed by atoms with E-state index in [1.165, 1.54) is 29.5 Å². The monoisotopic (exact) mass is 345 g/mol. The van der Waals surface area contributed by atoms with Crippen LogP contribution in [0.25, 0.3) is 0 Å². The third kappa shape index (κ3) is 3.55. The van der Waals surface area contributed by atoms with E-state index in [4.69, 9.17) is 16.7 Å². The topological polar surface area (TPSA) is 83.5 Å². The number of carboxylic acid groups (broad SMARTS) is 1. The highest BCUT2D eigenvalue weighted by molar-refractivity contribution is 7.93. The fraction of sp³-hybridized carbons (Fsp3) is 0.154. The summed E-state index contributed by atoms with van der Waals surface area (Å²) in [4.78, 5) is 12.7. The van der Waals surface area contributed by atoms with Crippen LogP contribution in [0.3, 0.4) is 0 Å². The van der Waals surface area contributed by atoms with Crippen LogP contribution in [0.15, 0.2) is 29.2 Å². The summed E-state index contributed by atoms with van der Waals surface area (Å²) in [5.41, 5.74) is 0.0292. The van der Waals surface area contributed by atoms with Crippen molar-refractivity contribution in [1.82, 2.24) is 0 Å². The highest BCUT2D eigenvalue weighted by Gasteiger charge is 2.20. The quantitative estimate of drug-likeness (QED) is 0.888. The number of hydrogen-bond acceptors (Lipinski definition) is 4. The van der Waals surface area contributed by atoms with Crippen molar-refractivity contribution in [3.63, 3.8) is 0 Å². The maximum absolute atomic E-state index is 12.3. The Hall–Kier alpha value is -1.57. The molecule has 0 radical (unpaired) electrons. The highest BCUT2D eigenvalue weighted by Crippen LogP contribution is 2.28. The lowest BCUT2D eigenvalue weighted by Crippen LogP contribution is -2.13. The lowest BCUT2D eigenvalue weighted by Gasteiger charge is -2.09. The number of carbonyl (C=O) groups is 1. The summed E-state index contributed by atoms with van der Waals surface area (Å²) in [5, 5.41) is 9.11. The fourth-order valence-corrected chi connectivity index (χ4v) is 4.69. The van der Waals surface area contributed by atoms with Crippen LogP contribution in [-0.4, -0.2) is 19.5 Å². The minimum atomic E-state index is -3.77. The van der Waals surface area contributed by atoms with E-state index < -0.39 is 16.0 Å². The summed E-state index contributed by atoms with van der Waals surface area (Å²) >= 11 is 7.19. The fourth-order valence-electron chi connectivity index (χ4n) is 1.86. The number of aromatic carboxylic acids is 1. The molecule has 0 saturated heterocycles. The molecule has 0 aliphatic heterocycles. The Balaban J connectivity index is 2.41. The van der Waals surface area contributed by atoms with Crippen molar-refractivity contribution in [3.8, 4) is 0 Å². The predicted octanol–water partition coefficient (Wildman–Crippen LogP) is 3.52. The first-order valence-corrected chi connectivity index (χ1v) is 8.50. The molecule has 112 valence electrons. The van der Waals surface area contributed by atoms with E-state index in [0.29, 0.717) is 4.88 Å². The van der Waals surface area contributed by atoms with E-state index in [9.17, 15) is 13.2 Å². The summed E-state index contributed by atoms with van der Waals surface area (Å²) in [6.07, 6.45) is 0. The van der Waals surface area contributed by atoms with E-state index in [1.54, 1.807) is 13.0 Å². The Morgan fingerprint density at radius 1 is 1.24 bits per heavy atom. The highest BCUT2D eigenvalue weighted by atomic mass is 35.5. The zero-order valence-electron chi connectivity index (χ0n) is 11.2. The van der Waals surface area contributed by atoms with Crippen molar-refractivity contribution in [1.29, 1.82) is 0 Å². The van der Waals surface area contributed by atoms with Crippen LogP contribution < -0.4 is 4.72 Å². The van der Waals surface area contributed by atoms with E-state index in [0.717, 1.165) is 4.88 Å². The third-order valence-electron chi connectivity index (χ3n) is 2.68. The number of thiophene rings is 1. The van der Waals surface area contributed by atoms with Gasteiger partial charge in [-0.05, 0) is 38.1 Å². The molecule has 0 fully saturated rings. The first-order valence-electron chi connectivity index (χ1n) is 5.83. The molecule has 0 spiro atoms. The number of halogens is 1. The average Bonchev–Trinajstić information content (AvgIpc) is 2.67. The van der Waals surface area contributed by atoms with Gasteiger partial charge in [-0.25, -0.2) is 13.2 Å². The molecule has 8 heteroatoms. The van der Waals surface area contributed by atoms with Gasteiger partial charge in [0.1, 0.15) is 4.90 Å². The lowest BCUT2D eigenvalue weighted by atomic mass is 10.2. The summed E-state index contributed by atoms with van der Waals surface area (Å²) < 4.78 is 27.0. The van der Waals surface area contributed by atoms with Crippen LogP contribution in [0.2, 0.25) is 5.02 Å². The first kappa shape index (κ1) is 15.8. The molecule has 5 nitrogen and oxygen atoms in total. The molecule has 0 amide bonds. The Labute approximate surface area is 131 Å². The van der Waals surface area contributed by atoms with Crippen LogP contribution in [0.4, 0.5) is 5.69 Å². The smallest absolute Gasteiger partial charge is 0.335 e. The molecule has 0 atom stereocenters. The molecule has 21 heavy (non-hydrogen) atoms. The normalized spacial score (nSPS) is 11.4. The Morgan fingerprint density at radius 2 is 1.90 bits per heavy atom. The summed E-state index contributed by atoms with van der Waals surface area (Å²) in [7, 11) is -3.77. The van der Waals surface area contributed by atoms with Crippen molar-refractivity contribution < 1.29 is 18.3 Å². The van der Waals surface area contributed by atoms with Gasteiger partial charge in [-0.2, -0.15) is 0 Å². The van der Waals surface area contributed by atoms with Crippen LogP contribution in [0, 0.1) is 13.8 Å². The van der Waals surface area contributed by atoms with Crippen molar-refractivity contribution in [3.05, 3.63) is 44.6 Å². The second kappa shape index (κ2) is 5.67. The molecule has 0 unspecified atom stereocenters. The van der Waals surface area contributed by atoms with E-state index in [1.807, 2.05) is 6.92 Å². The van der Waals surface area contributed by atoms with Crippen molar-refractivity contribution in [2.24, 2.45) is 0 Å². The molecular formula is C13H12ClNO4S2. The Morgan fingerprint density at radius 3 is 2.43 bits per heavy atom. The van der Waals surface area contributed by atoms with Crippen LogP contribution in [0.5, 0.6) is 0 Å². The van der Waals surface area contributed by atoms with Gasteiger partial charge >= 0.3 is 5.97 Å². The van der Waals surface area contributed by atoms with Gasteiger partial charge in [0.25, 0.3) is 10.0 Å². The van der Waals surface area contributed by atoms with Gasteiger partial charge in [0.2, 0.25) is 0 Å². The van der Waals surface area contributed by atoms with E-state index in [2.05, 4.69) is 4.72 Å². The number of aryl methyl sites for hydroxylation is 2. The molecule has 2 N–H and O–H groups in total. The Bertz CT molecular complexity index is 812. The average molecular weight is 346 g/mol. The molecular weight excluding hydrogens is 334 g/mol. The van der Waals surface area contributed by atoms with Gasteiger partial charge < -0.3 is 5.11 Å². The van der Waals surface area contributed by atoms with Gasteiger partial charge in [0.05, 0.1) is 11.3 Å². The number of carboxylic acids is 1. The van der Waals surface area contributed by atoms with E-state index in [-0.39, 0.29) is 21.2 Å². The molecule has 0 aliphatic rings. The SMILES string of the molecule is Cc1cc(S(=O)(=O)Nc2cc(Cl)cc(C(=O)O)c2)c(C)s1. The van der Waals surface area contributed by atoms with Crippen molar-refractivity contribution in [2.45, 2.75) is 18.7 Å². The largest absolute Gasteiger partial charge is 0.478 e. The minimum absolute atomic E-state index is 0.0848. The molecule has 1 heterocycles. The van der Waals surface area contributed by atoms with Crippen LogP contribution in [0.1, 0.15) is 20.1 Å². The van der Waals surface area contributed by atoms with Gasteiger partial charge in [0, 0.05) is 14.8 Å². The number of sulfonamides is 1. The van der Waals surface area contributed by atoms with Crippen molar-refractivity contribution in [2.75, 3.05) is 4.72 Å². The number of rotatable bonds is 4. The summed E-state index contributed by atoms with van der Waals surface area (Å²) in [6, 6.07) is 5.41. The van der Waals surface area contributed by atoms with E-state index >= 15 is 0 Å². The number of anilines is 1. The maximum Gasteiger partial charge on any atom is 0.335 e. The molecule has 2 aromatic rings. The molecule has 0 saturated carbocycles. The van der Waals surface area contributed by atoms with Gasteiger partial charge in [-0.1, -0.05) is 11.6 Å². The molecule has 2 rings (SSSR count). The maximum atomic E-state index is 12.3. The zero-order chi connectivity index (χ0) is 15.8. The standard InChI is InChI=1S/C13H12ClNO4S2/c1-7-3-12(8(2)20-7)21(18,19)15-11-5-9(13(16)17)4-10(14)6-11/h3-6,15H,1-2H3,(H,16,17). The summed E-state index contributed by atoms with van der Waals surface area (Å²) in [5.74, 6) is -1.18. The zero-order valence-corrected chi connectivity index (χ0v) is 13.6.